The molecule has 1 heterocycles. The van der Waals surface area contributed by atoms with E-state index in [0.717, 1.165) is 22.3 Å². The summed E-state index contributed by atoms with van der Waals surface area (Å²) in [6.07, 6.45) is -0.120. The van der Waals surface area contributed by atoms with Gasteiger partial charge in [-0.15, -0.1) is 0 Å². The van der Waals surface area contributed by atoms with Gasteiger partial charge in [0.25, 0.3) is 0 Å². The number of ether oxygens (including phenoxy) is 1. The molecule has 2 aromatic rings. The van der Waals surface area contributed by atoms with Crippen LogP contribution in [0, 0.1) is 6.92 Å². The second-order valence-corrected chi connectivity index (χ2v) is 5.22. The number of rotatable bonds is 6. The lowest BCUT2D eigenvalue weighted by molar-refractivity contribution is -0.136. The molecule has 7 nitrogen and oxygen atoms in total. The van der Waals surface area contributed by atoms with Crippen LogP contribution in [0.15, 0.2) is 22.6 Å². The third kappa shape index (κ3) is 3.94. The van der Waals surface area contributed by atoms with E-state index in [1.807, 2.05) is 25.1 Å². The molecule has 23 heavy (non-hydrogen) atoms. The van der Waals surface area contributed by atoms with Gasteiger partial charge in [-0.25, -0.2) is 4.79 Å². The van der Waals surface area contributed by atoms with Crippen LogP contribution >= 0.6 is 0 Å². The highest BCUT2D eigenvalue weighted by atomic mass is 16.5. The van der Waals surface area contributed by atoms with Gasteiger partial charge in [0.15, 0.2) is 0 Å². The lowest BCUT2D eigenvalue weighted by atomic mass is 10.1. The number of hydrogen-bond acceptors (Lipinski definition) is 4. The molecule has 0 saturated carbocycles. The van der Waals surface area contributed by atoms with E-state index in [1.54, 1.807) is 14.0 Å². The predicted molar refractivity (Wildman–Crippen MR) is 84.7 cm³/mol. The first-order valence-corrected chi connectivity index (χ1v) is 7.25. The Morgan fingerprint density at radius 3 is 2.78 bits per heavy atom. The van der Waals surface area contributed by atoms with Crippen LogP contribution in [0.2, 0.25) is 0 Å². The van der Waals surface area contributed by atoms with Gasteiger partial charge >= 0.3 is 12.0 Å². The Morgan fingerprint density at radius 2 is 2.13 bits per heavy atom. The zero-order chi connectivity index (χ0) is 17.0. The van der Waals surface area contributed by atoms with E-state index in [2.05, 4.69) is 10.6 Å². The normalized spacial score (nSPS) is 12.0. The summed E-state index contributed by atoms with van der Waals surface area (Å²) in [6, 6.07) is 4.74. The van der Waals surface area contributed by atoms with Crippen LogP contribution in [0.3, 0.4) is 0 Å². The molecule has 3 N–H and O–H groups in total. The Balaban J connectivity index is 2.08. The van der Waals surface area contributed by atoms with Crippen LogP contribution in [0.4, 0.5) is 4.79 Å². The van der Waals surface area contributed by atoms with Crippen molar-refractivity contribution in [1.29, 1.82) is 0 Å². The highest BCUT2D eigenvalue weighted by Gasteiger charge is 2.18. The average Bonchev–Trinajstić information content (AvgIpc) is 2.83. The third-order valence-electron chi connectivity index (χ3n) is 3.55. The summed E-state index contributed by atoms with van der Waals surface area (Å²) in [5.74, 6) is 0.432. The van der Waals surface area contributed by atoms with Gasteiger partial charge in [0.1, 0.15) is 17.1 Å². The van der Waals surface area contributed by atoms with E-state index in [9.17, 15) is 9.59 Å². The molecule has 2 rings (SSSR count). The number of nitrogens with one attached hydrogen (secondary N) is 2. The van der Waals surface area contributed by atoms with Gasteiger partial charge in [-0.2, -0.15) is 0 Å². The molecule has 0 radical (unpaired) electrons. The maximum absolute atomic E-state index is 11.8. The van der Waals surface area contributed by atoms with Crippen LogP contribution in [-0.4, -0.2) is 30.8 Å². The van der Waals surface area contributed by atoms with Crippen molar-refractivity contribution in [3.8, 4) is 5.75 Å². The van der Waals surface area contributed by atoms with Crippen molar-refractivity contribution in [2.45, 2.75) is 26.3 Å². The van der Waals surface area contributed by atoms with E-state index in [4.69, 9.17) is 14.3 Å². The zero-order valence-corrected chi connectivity index (χ0v) is 13.3. The standard InChI is InChI=1S/C16H20N2O5/c1-9-12-8-11(22-3)4-5-13(12)23-15(9)10(2)18-16(21)17-7-6-14(19)20/h4-5,8,10H,6-7H2,1-3H3,(H,19,20)(H2,17,18,21). The highest BCUT2D eigenvalue weighted by Crippen LogP contribution is 2.31. The van der Waals surface area contributed by atoms with Crippen molar-refractivity contribution in [1.82, 2.24) is 10.6 Å². The van der Waals surface area contributed by atoms with Crippen LogP contribution in [0.25, 0.3) is 11.0 Å². The van der Waals surface area contributed by atoms with E-state index >= 15 is 0 Å². The summed E-state index contributed by atoms with van der Waals surface area (Å²) in [6.45, 7) is 3.80. The number of fused-ring (bicyclic) bond motifs is 1. The molecular weight excluding hydrogens is 300 g/mol. The molecule has 0 aliphatic carbocycles. The molecule has 7 heteroatoms. The van der Waals surface area contributed by atoms with Gasteiger partial charge in [-0.1, -0.05) is 0 Å². The largest absolute Gasteiger partial charge is 0.497 e. The van der Waals surface area contributed by atoms with Crippen molar-refractivity contribution in [2.24, 2.45) is 0 Å². The molecule has 0 saturated heterocycles. The Kier molecular flexibility index (Phi) is 5.10. The summed E-state index contributed by atoms with van der Waals surface area (Å²) < 4.78 is 11.0. The second-order valence-electron chi connectivity index (χ2n) is 5.22. The fraction of sp³-hybridized carbons (Fsp3) is 0.375. The lowest BCUT2D eigenvalue weighted by Crippen LogP contribution is -2.38. The number of aliphatic carboxylic acids is 1. The molecule has 0 bridgehead atoms. The van der Waals surface area contributed by atoms with Gasteiger partial charge in [-0.05, 0) is 32.0 Å². The van der Waals surface area contributed by atoms with Gasteiger partial charge in [-0.3, -0.25) is 4.79 Å². The van der Waals surface area contributed by atoms with E-state index in [0.29, 0.717) is 5.76 Å². The highest BCUT2D eigenvalue weighted by molar-refractivity contribution is 5.84. The van der Waals surface area contributed by atoms with Crippen LogP contribution in [-0.2, 0) is 4.79 Å². The predicted octanol–water partition coefficient (Wildman–Crippen LogP) is 2.58. The number of benzene rings is 1. The summed E-state index contributed by atoms with van der Waals surface area (Å²) in [5.41, 5.74) is 1.65. The number of furan rings is 1. The number of methoxy groups -OCH3 is 1. The number of carbonyl (C=O) groups excluding carboxylic acids is 1. The maximum Gasteiger partial charge on any atom is 0.315 e. The molecule has 0 aliphatic rings. The zero-order valence-electron chi connectivity index (χ0n) is 13.3. The number of hydrogen-bond donors (Lipinski definition) is 3. The number of carboxylic acid groups (broad SMARTS) is 1. The quantitative estimate of drug-likeness (QED) is 0.759. The Morgan fingerprint density at radius 1 is 1.39 bits per heavy atom. The molecule has 2 amide bonds. The molecule has 1 aromatic carbocycles. The van der Waals surface area contributed by atoms with E-state index < -0.39 is 12.0 Å². The number of aryl methyl sites for hydroxylation is 1. The Hall–Kier alpha value is -2.70. The van der Waals surface area contributed by atoms with E-state index in [1.165, 1.54) is 0 Å². The van der Waals surface area contributed by atoms with Crippen molar-refractivity contribution < 1.29 is 23.8 Å². The minimum Gasteiger partial charge on any atom is -0.497 e. The first-order chi connectivity index (χ1) is 10.9. The molecular formula is C16H20N2O5. The van der Waals surface area contributed by atoms with E-state index in [-0.39, 0.29) is 19.0 Å². The molecule has 0 spiro atoms. The summed E-state index contributed by atoms with van der Waals surface area (Å²) in [5, 5.41) is 14.7. The minimum absolute atomic E-state index is 0.0736. The minimum atomic E-state index is -0.958. The van der Waals surface area contributed by atoms with Gasteiger partial charge in [0.2, 0.25) is 0 Å². The van der Waals surface area contributed by atoms with Crippen molar-refractivity contribution in [3.05, 3.63) is 29.5 Å². The number of urea groups is 1. The maximum atomic E-state index is 11.8. The summed E-state index contributed by atoms with van der Waals surface area (Å²) in [4.78, 5) is 22.2. The molecule has 1 unspecified atom stereocenters. The fourth-order valence-electron chi connectivity index (χ4n) is 2.36. The number of carboxylic acids is 1. The first-order valence-electron chi connectivity index (χ1n) is 7.25. The van der Waals surface area contributed by atoms with Crippen molar-refractivity contribution >= 4 is 23.0 Å². The molecule has 1 aromatic heterocycles. The SMILES string of the molecule is COc1ccc2oc(C(C)NC(=O)NCCC(=O)O)c(C)c2c1. The van der Waals surface area contributed by atoms with Crippen LogP contribution in [0.1, 0.15) is 30.7 Å². The van der Waals surface area contributed by atoms with Gasteiger partial charge < -0.3 is 24.9 Å². The summed E-state index contributed by atoms with van der Waals surface area (Å²) in [7, 11) is 1.60. The smallest absolute Gasteiger partial charge is 0.315 e. The Labute approximate surface area is 133 Å². The summed E-state index contributed by atoms with van der Waals surface area (Å²) >= 11 is 0. The number of carbonyl (C=O) groups is 2. The van der Waals surface area contributed by atoms with Crippen LogP contribution in [0.5, 0.6) is 5.75 Å². The van der Waals surface area contributed by atoms with Crippen molar-refractivity contribution in [2.75, 3.05) is 13.7 Å². The van der Waals surface area contributed by atoms with Crippen molar-refractivity contribution in [3.63, 3.8) is 0 Å². The average molecular weight is 320 g/mol. The molecule has 1 atom stereocenters. The van der Waals surface area contributed by atoms with Gasteiger partial charge in [0.05, 0.1) is 19.6 Å². The first kappa shape index (κ1) is 16.7. The lowest BCUT2D eigenvalue weighted by Gasteiger charge is -2.13. The van der Waals surface area contributed by atoms with Gasteiger partial charge in [0, 0.05) is 17.5 Å². The monoisotopic (exact) mass is 320 g/mol. The number of amides is 2. The second kappa shape index (κ2) is 7.04. The topological polar surface area (TPSA) is 101 Å². The Bertz CT molecular complexity index is 723. The molecule has 0 aliphatic heterocycles. The van der Waals surface area contributed by atoms with Crippen LogP contribution < -0.4 is 15.4 Å². The fourth-order valence-corrected chi connectivity index (χ4v) is 2.36. The third-order valence-corrected chi connectivity index (χ3v) is 3.55. The molecule has 0 fully saturated rings. The molecule has 124 valence electrons.